The van der Waals surface area contributed by atoms with Gasteiger partial charge in [0, 0.05) is 32.3 Å². The van der Waals surface area contributed by atoms with Crippen LogP contribution >= 0.6 is 0 Å². The lowest BCUT2D eigenvalue weighted by atomic mass is 10.0. The first-order valence-electron chi connectivity index (χ1n) is 8.31. The summed E-state index contributed by atoms with van der Waals surface area (Å²) in [7, 11) is 1.43. The second kappa shape index (κ2) is 7.06. The molecule has 3 rings (SSSR count). The van der Waals surface area contributed by atoms with Crippen molar-refractivity contribution in [1.82, 2.24) is 14.5 Å². The zero-order valence-corrected chi connectivity index (χ0v) is 14.3. The number of ether oxygens (including phenoxy) is 1. The van der Waals surface area contributed by atoms with Crippen molar-refractivity contribution in [3.8, 4) is 0 Å². The number of aromatic nitrogens is 2. The lowest BCUT2D eigenvalue weighted by Gasteiger charge is -2.27. The van der Waals surface area contributed by atoms with Crippen molar-refractivity contribution in [2.24, 2.45) is 7.05 Å². The topological polar surface area (TPSA) is 82.3 Å². The number of nitrogens with zero attached hydrogens (tertiary/aromatic N) is 2. The predicted octanol–water partition coefficient (Wildman–Crippen LogP) is 0.345. The Hall–Kier alpha value is -2.67. The van der Waals surface area contributed by atoms with Crippen molar-refractivity contribution in [2.75, 3.05) is 13.2 Å². The molecule has 1 atom stereocenters. The molecule has 2 aromatic rings. The van der Waals surface area contributed by atoms with E-state index in [9.17, 15) is 14.4 Å². The van der Waals surface area contributed by atoms with Crippen LogP contribution in [-0.2, 0) is 29.5 Å². The predicted molar refractivity (Wildman–Crippen MR) is 92.6 cm³/mol. The molecular formula is C18H21N3O4. The molecule has 0 bridgehead atoms. The van der Waals surface area contributed by atoms with Gasteiger partial charge in [-0.3, -0.25) is 13.9 Å². The molecule has 0 amide bonds. The largest absolute Gasteiger partial charge is 0.464 e. The molecule has 0 saturated heterocycles. The van der Waals surface area contributed by atoms with Gasteiger partial charge in [-0.25, -0.2) is 9.59 Å². The summed E-state index contributed by atoms with van der Waals surface area (Å²) in [6.07, 6.45) is 0.503. The number of esters is 1. The zero-order chi connectivity index (χ0) is 18.0. The number of carbonyl (C=O) groups excluding carboxylic acids is 1. The molecule has 7 nitrogen and oxygen atoms in total. The number of fused-ring (bicyclic) bond motifs is 1. The summed E-state index contributed by atoms with van der Waals surface area (Å²) >= 11 is 0. The molecule has 1 N–H and O–H groups in total. The average molecular weight is 343 g/mol. The fraction of sp³-hybridized carbons (Fsp3) is 0.389. The maximum atomic E-state index is 12.9. The van der Waals surface area contributed by atoms with Crippen molar-refractivity contribution in [3.63, 3.8) is 0 Å². The molecule has 1 aromatic heterocycles. The maximum absolute atomic E-state index is 12.9. The van der Waals surface area contributed by atoms with E-state index in [1.165, 1.54) is 11.6 Å². The third kappa shape index (κ3) is 3.02. The van der Waals surface area contributed by atoms with Gasteiger partial charge < -0.3 is 10.1 Å². The van der Waals surface area contributed by atoms with Crippen molar-refractivity contribution in [2.45, 2.75) is 25.9 Å². The third-order valence-corrected chi connectivity index (χ3v) is 4.42. The van der Waals surface area contributed by atoms with Gasteiger partial charge in [-0.1, -0.05) is 30.3 Å². The van der Waals surface area contributed by atoms with Crippen LogP contribution in [0.25, 0.3) is 0 Å². The van der Waals surface area contributed by atoms with Crippen LogP contribution in [0.4, 0.5) is 0 Å². The minimum absolute atomic E-state index is 0.215. The molecule has 1 aromatic carbocycles. The van der Waals surface area contributed by atoms with E-state index in [2.05, 4.69) is 5.32 Å². The molecule has 0 fully saturated rings. The van der Waals surface area contributed by atoms with E-state index in [1.807, 2.05) is 18.2 Å². The van der Waals surface area contributed by atoms with Crippen LogP contribution in [0.15, 0.2) is 39.9 Å². The molecule has 132 valence electrons. The summed E-state index contributed by atoms with van der Waals surface area (Å²) in [6, 6.07) is 8.12. The van der Waals surface area contributed by atoms with Gasteiger partial charge in [0.05, 0.1) is 12.2 Å². The first-order valence-corrected chi connectivity index (χ1v) is 8.31. The van der Waals surface area contributed by atoms with Gasteiger partial charge in [0.2, 0.25) is 0 Å². The van der Waals surface area contributed by atoms with Gasteiger partial charge in [-0.05, 0) is 12.5 Å². The van der Waals surface area contributed by atoms with Gasteiger partial charge in [-0.2, -0.15) is 0 Å². The fourth-order valence-corrected chi connectivity index (χ4v) is 3.22. The molecule has 7 heteroatoms. The Balaban J connectivity index is 2.30. The summed E-state index contributed by atoms with van der Waals surface area (Å²) in [6.45, 7) is 2.96. The Bertz CT molecular complexity index is 899. The van der Waals surface area contributed by atoms with Gasteiger partial charge in [-0.15, -0.1) is 0 Å². The van der Waals surface area contributed by atoms with Crippen molar-refractivity contribution in [3.05, 3.63) is 68.0 Å². The average Bonchev–Trinajstić information content (AvgIpc) is 2.64. The Morgan fingerprint density at radius 2 is 2.00 bits per heavy atom. The highest BCUT2D eigenvalue weighted by Crippen LogP contribution is 2.22. The van der Waals surface area contributed by atoms with E-state index >= 15 is 0 Å². The molecule has 2 heterocycles. The quantitative estimate of drug-likeness (QED) is 0.810. The monoisotopic (exact) mass is 343 g/mol. The molecule has 0 saturated carbocycles. The number of hydrogen-bond donors (Lipinski definition) is 1. The second-order valence-corrected chi connectivity index (χ2v) is 5.93. The van der Waals surface area contributed by atoms with Crippen LogP contribution in [-0.4, -0.2) is 28.3 Å². The van der Waals surface area contributed by atoms with Gasteiger partial charge in [0.25, 0.3) is 5.56 Å². The number of rotatable bonds is 4. The SMILES string of the molecule is CCOC(=O)C(c1ccccc1)n1c2c(c(=O)n(C)c1=O)CNCC2. The Morgan fingerprint density at radius 3 is 2.68 bits per heavy atom. The lowest BCUT2D eigenvalue weighted by Crippen LogP contribution is -2.48. The standard InChI is InChI=1S/C18H21N3O4/c1-3-25-17(23)15(12-7-5-4-6-8-12)21-14-9-10-19-11-13(14)16(22)20(2)18(21)24/h4-8,15,19H,3,9-11H2,1-2H3. The molecular weight excluding hydrogens is 322 g/mol. The number of hydrogen-bond acceptors (Lipinski definition) is 5. The summed E-state index contributed by atoms with van der Waals surface area (Å²) in [4.78, 5) is 38.0. The Morgan fingerprint density at radius 1 is 1.28 bits per heavy atom. The van der Waals surface area contributed by atoms with Crippen molar-refractivity contribution >= 4 is 5.97 Å². The van der Waals surface area contributed by atoms with Crippen LogP contribution in [0.3, 0.4) is 0 Å². The minimum Gasteiger partial charge on any atom is -0.464 e. The van der Waals surface area contributed by atoms with Gasteiger partial charge >= 0.3 is 11.7 Å². The first kappa shape index (κ1) is 17.2. The third-order valence-electron chi connectivity index (χ3n) is 4.42. The van der Waals surface area contributed by atoms with Gasteiger partial charge in [0.15, 0.2) is 6.04 Å². The normalized spacial score (nSPS) is 14.6. The first-order chi connectivity index (χ1) is 12.1. The van der Waals surface area contributed by atoms with E-state index < -0.39 is 17.7 Å². The zero-order valence-electron chi connectivity index (χ0n) is 14.3. The maximum Gasteiger partial charge on any atom is 0.333 e. The van der Waals surface area contributed by atoms with E-state index in [0.29, 0.717) is 36.3 Å². The number of benzene rings is 1. The summed E-state index contributed by atoms with van der Waals surface area (Å²) < 4.78 is 7.71. The lowest BCUT2D eigenvalue weighted by molar-refractivity contribution is -0.146. The van der Waals surface area contributed by atoms with E-state index in [4.69, 9.17) is 4.74 Å². The summed E-state index contributed by atoms with van der Waals surface area (Å²) in [5.74, 6) is -0.504. The highest BCUT2D eigenvalue weighted by Gasteiger charge is 2.31. The molecule has 1 unspecified atom stereocenters. The van der Waals surface area contributed by atoms with Crippen LogP contribution < -0.4 is 16.6 Å². The smallest absolute Gasteiger partial charge is 0.333 e. The second-order valence-electron chi connectivity index (χ2n) is 5.93. The number of carbonyl (C=O) groups is 1. The van der Waals surface area contributed by atoms with E-state index in [0.717, 1.165) is 4.57 Å². The minimum atomic E-state index is -0.910. The van der Waals surface area contributed by atoms with Crippen LogP contribution in [0, 0.1) is 0 Å². The molecule has 0 radical (unpaired) electrons. The molecule has 0 aliphatic carbocycles. The van der Waals surface area contributed by atoms with Crippen LogP contribution in [0.2, 0.25) is 0 Å². The molecule has 1 aliphatic rings. The molecule has 1 aliphatic heterocycles. The van der Waals surface area contributed by atoms with Crippen molar-refractivity contribution in [1.29, 1.82) is 0 Å². The van der Waals surface area contributed by atoms with Crippen LogP contribution in [0.5, 0.6) is 0 Å². The number of nitrogens with one attached hydrogen (secondary N) is 1. The van der Waals surface area contributed by atoms with Crippen LogP contribution in [0.1, 0.15) is 29.8 Å². The van der Waals surface area contributed by atoms with Crippen molar-refractivity contribution < 1.29 is 9.53 Å². The Labute approximate surface area is 144 Å². The Kier molecular flexibility index (Phi) is 4.85. The summed E-state index contributed by atoms with van der Waals surface area (Å²) in [5, 5.41) is 3.14. The van der Waals surface area contributed by atoms with E-state index in [-0.39, 0.29) is 12.2 Å². The highest BCUT2D eigenvalue weighted by atomic mass is 16.5. The fourth-order valence-electron chi connectivity index (χ4n) is 3.22. The van der Waals surface area contributed by atoms with Gasteiger partial charge in [0.1, 0.15) is 0 Å². The summed E-state index contributed by atoms with van der Waals surface area (Å²) in [5.41, 5.74) is 0.960. The molecule has 0 spiro atoms. The van der Waals surface area contributed by atoms with E-state index in [1.54, 1.807) is 19.1 Å². The molecule has 25 heavy (non-hydrogen) atoms. The highest BCUT2D eigenvalue weighted by molar-refractivity contribution is 5.78.